The van der Waals surface area contributed by atoms with Crippen LogP contribution in [0.3, 0.4) is 0 Å². The number of hydrazine groups is 1. The molecule has 3 aliphatic rings. The monoisotopic (exact) mass is 382 g/mol. The summed E-state index contributed by atoms with van der Waals surface area (Å²) in [5, 5.41) is 10.2. The maximum Gasteiger partial charge on any atom is 0.251 e. The number of aromatic nitrogens is 3. The Morgan fingerprint density at radius 3 is 2.89 bits per heavy atom. The first kappa shape index (κ1) is 17.4. The van der Waals surface area contributed by atoms with E-state index in [0.29, 0.717) is 36.3 Å². The average molecular weight is 382 g/mol. The molecule has 5 rings (SSSR count). The zero-order valence-electron chi connectivity index (χ0n) is 15.5. The zero-order chi connectivity index (χ0) is 19.1. The molecule has 7 nitrogen and oxygen atoms in total. The summed E-state index contributed by atoms with van der Waals surface area (Å²) < 4.78 is 15.4. The number of benzene rings is 1. The molecular weight excluding hydrogens is 359 g/mol. The van der Waals surface area contributed by atoms with E-state index in [1.165, 1.54) is 18.9 Å². The highest BCUT2D eigenvalue weighted by Crippen LogP contribution is 2.36. The summed E-state index contributed by atoms with van der Waals surface area (Å²) in [4.78, 5) is 14.8. The van der Waals surface area contributed by atoms with Crippen molar-refractivity contribution in [1.29, 1.82) is 0 Å². The summed E-state index contributed by atoms with van der Waals surface area (Å²) in [7, 11) is 0. The standard InChI is InChI=1S/C20H23FN6O/c21-17-7-3-1-5-14(17)11-26-13-15(22-24-26)12-25-9-10-27-19(20(25)28)16-6-2-4-8-18(16)23-27/h1,3,5,7,9-10,13,16,18-19,23H,2,4,6,8,11-12H2. The van der Waals surface area contributed by atoms with E-state index in [1.54, 1.807) is 40.2 Å². The first-order valence-electron chi connectivity index (χ1n) is 9.85. The number of nitrogens with one attached hydrogen (secondary N) is 1. The van der Waals surface area contributed by atoms with E-state index in [9.17, 15) is 9.18 Å². The first-order valence-corrected chi connectivity index (χ1v) is 9.85. The molecule has 1 aromatic carbocycles. The summed E-state index contributed by atoms with van der Waals surface area (Å²) >= 11 is 0. The average Bonchev–Trinajstić information content (AvgIpc) is 3.30. The maximum absolute atomic E-state index is 13.8. The molecule has 28 heavy (non-hydrogen) atoms. The fourth-order valence-corrected chi connectivity index (χ4v) is 4.60. The van der Waals surface area contributed by atoms with Gasteiger partial charge in [-0.25, -0.2) is 14.5 Å². The number of amides is 1. The van der Waals surface area contributed by atoms with Crippen LogP contribution in [-0.4, -0.2) is 42.9 Å². The molecule has 3 heterocycles. The molecule has 2 fully saturated rings. The lowest BCUT2D eigenvalue weighted by molar-refractivity contribution is -0.136. The summed E-state index contributed by atoms with van der Waals surface area (Å²) in [5.74, 6) is 0.211. The van der Waals surface area contributed by atoms with Gasteiger partial charge in [0.25, 0.3) is 5.91 Å². The second-order valence-electron chi connectivity index (χ2n) is 7.80. The van der Waals surface area contributed by atoms with Crippen molar-refractivity contribution in [2.45, 2.75) is 50.9 Å². The normalized spacial score (nSPS) is 26.5. The van der Waals surface area contributed by atoms with Crippen molar-refractivity contribution < 1.29 is 9.18 Å². The van der Waals surface area contributed by atoms with Gasteiger partial charge in [0.2, 0.25) is 0 Å². The Labute approximate surface area is 162 Å². The Hall–Kier alpha value is -2.74. The van der Waals surface area contributed by atoms with Crippen LogP contribution in [-0.2, 0) is 17.9 Å². The van der Waals surface area contributed by atoms with Crippen molar-refractivity contribution in [3.05, 3.63) is 59.9 Å². The van der Waals surface area contributed by atoms with E-state index < -0.39 is 0 Å². The van der Waals surface area contributed by atoms with Crippen molar-refractivity contribution >= 4 is 5.91 Å². The topological polar surface area (TPSA) is 66.3 Å². The fraction of sp³-hybridized carbons (Fsp3) is 0.450. The molecule has 0 radical (unpaired) electrons. The van der Waals surface area contributed by atoms with E-state index in [0.717, 1.165) is 12.8 Å². The van der Waals surface area contributed by atoms with Crippen LogP contribution in [0.1, 0.15) is 36.9 Å². The van der Waals surface area contributed by atoms with Gasteiger partial charge in [0.1, 0.15) is 17.6 Å². The minimum atomic E-state index is -0.260. The number of hydrogen-bond acceptors (Lipinski definition) is 5. The van der Waals surface area contributed by atoms with Crippen molar-refractivity contribution in [3.63, 3.8) is 0 Å². The quantitative estimate of drug-likeness (QED) is 0.877. The molecule has 8 heteroatoms. The van der Waals surface area contributed by atoms with Gasteiger partial charge >= 0.3 is 0 Å². The molecule has 2 aliphatic heterocycles. The predicted molar refractivity (Wildman–Crippen MR) is 99.7 cm³/mol. The van der Waals surface area contributed by atoms with Crippen LogP contribution in [0.5, 0.6) is 0 Å². The molecule has 0 spiro atoms. The van der Waals surface area contributed by atoms with E-state index in [-0.39, 0.29) is 17.8 Å². The summed E-state index contributed by atoms with van der Waals surface area (Å²) in [5.41, 5.74) is 4.73. The fourth-order valence-electron chi connectivity index (χ4n) is 4.60. The molecule has 1 aliphatic carbocycles. The number of nitrogens with zero attached hydrogens (tertiary/aromatic N) is 5. The van der Waals surface area contributed by atoms with E-state index in [2.05, 4.69) is 15.7 Å². The molecule has 1 amide bonds. The molecule has 146 valence electrons. The third-order valence-corrected chi connectivity index (χ3v) is 5.99. The Kier molecular flexibility index (Phi) is 4.35. The van der Waals surface area contributed by atoms with Crippen molar-refractivity contribution in [2.24, 2.45) is 5.92 Å². The number of carbonyl (C=O) groups excluding carboxylic acids is 1. The molecule has 1 saturated carbocycles. The van der Waals surface area contributed by atoms with Gasteiger partial charge in [0.15, 0.2) is 0 Å². The van der Waals surface area contributed by atoms with Gasteiger partial charge in [-0.2, -0.15) is 0 Å². The third-order valence-electron chi connectivity index (χ3n) is 5.99. The van der Waals surface area contributed by atoms with Crippen molar-refractivity contribution in [1.82, 2.24) is 30.3 Å². The predicted octanol–water partition coefficient (Wildman–Crippen LogP) is 2.03. The van der Waals surface area contributed by atoms with Crippen LogP contribution in [0.25, 0.3) is 0 Å². The lowest BCUT2D eigenvalue weighted by Gasteiger charge is -2.34. The molecule has 1 aromatic heterocycles. The summed E-state index contributed by atoms with van der Waals surface area (Å²) in [6, 6.07) is 6.89. The second-order valence-corrected chi connectivity index (χ2v) is 7.80. The number of hydrogen-bond donors (Lipinski definition) is 1. The van der Waals surface area contributed by atoms with Gasteiger partial charge in [-0.05, 0) is 18.9 Å². The van der Waals surface area contributed by atoms with Gasteiger partial charge in [-0.15, -0.1) is 5.10 Å². The van der Waals surface area contributed by atoms with E-state index in [1.807, 2.05) is 11.2 Å². The molecule has 0 bridgehead atoms. The zero-order valence-corrected chi connectivity index (χ0v) is 15.5. The minimum Gasteiger partial charge on any atom is -0.310 e. The highest BCUT2D eigenvalue weighted by molar-refractivity contribution is 5.84. The molecule has 1 saturated heterocycles. The smallest absolute Gasteiger partial charge is 0.251 e. The van der Waals surface area contributed by atoms with Gasteiger partial charge in [-0.3, -0.25) is 4.79 Å². The van der Waals surface area contributed by atoms with Crippen LogP contribution < -0.4 is 5.43 Å². The van der Waals surface area contributed by atoms with Crippen LogP contribution in [0.4, 0.5) is 4.39 Å². The van der Waals surface area contributed by atoms with Crippen LogP contribution in [0.15, 0.2) is 42.9 Å². The number of halogens is 1. The SMILES string of the molecule is O=C1C2C3CCCCC3NN2C=CN1Cc1cn(Cc2ccccc2F)nn1. The first-order chi connectivity index (χ1) is 13.7. The third kappa shape index (κ3) is 3.07. The van der Waals surface area contributed by atoms with Gasteiger partial charge in [0, 0.05) is 29.9 Å². The van der Waals surface area contributed by atoms with Gasteiger partial charge in [0.05, 0.1) is 19.3 Å². The van der Waals surface area contributed by atoms with E-state index in [4.69, 9.17) is 0 Å². The lowest BCUT2D eigenvalue weighted by atomic mass is 9.81. The Bertz CT molecular complexity index is 912. The molecular formula is C20H23FN6O. The van der Waals surface area contributed by atoms with Crippen LogP contribution in [0.2, 0.25) is 0 Å². The minimum absolute atomic E-state index is 0.105. The second kappa shape index (κ2) is 7.01. The summed E-state index contributed by atoms with van der Waals surface area (Å²) in [6.07, 6.45) is 10.2. The summed E-state index contributed by atoms with van der Waals surface area (Å²) in [6.45, 7) is 0.682. The Balaban J connectivity index is 1.28. The van der Waals surface area contributed by atoms with Crippen LogP contribution >= 0.6 is 0 Å². The number of carbonyl (C=O) groups is 1. The van der Waals surface area contributed by atoms with E-state index >= 15 is 0 Å². The number of fused-ring (bicyclic) bond motifs is 3. The highest BCUT2D eigenvalue weighted by Gasteiger charge is 2.48. The highest BCUT2D eigenvalue weighted by atomic mass is 19.1. The van der Waals surface area contributed by atoms with Gasteiger partial charge < -0.3 is 9.91 Å². The molecule has 3 atom stereocenters. The van der Waals surface area contributed by atoms with Crippen LogP contribution in [0, 0.1) is 11.7 Å². The number of rotatable bonds is 4. The lowest BCUT2D eigenvalue weighted by Crippen LogP contribution is -2.49. The molecule has 3 unspecified atom stereocenters. The maximum atomic E-state index is 13.8. The van der Waals surface area contributed by atoms with Crippen molar-refractivity contribution in [3.8, 4) is 0 Å². The largest absolute Gasteiger partial charge is 0.310 e. The Morgan fingerprint density at radius 1 is 1.14 bits per heavy atom. The van der Waals surface area contributed by atoms with Gasteiger partial charge in [-0.1, -0.05) is 36.3 Å². The van der Waals surface area contributed by atoms with Crippen molar-refractivity contribution in [2.75, 3.05) is 0 Å². The Morgan fingerprint density at radius 2 is 2.00 bits per heavy atom. The molecule has 2 aromatic rings. The molecule has 1 N–H and O–H groups in total.